The molecule has 1 N–H and O–H groups in total. The zero-order valence-electron chi connectivity index (χ0n) is 16.2. The molecular weight excluding hydrogens is 364 g/mol. The van der Waals surface area contributed by atoms with Crippen molar-refractivity contribution < 1.29 is 18.4 Å². The van der Waals surface area contributed by atoms with Crippen LogP contribution in [0.1, 0.15) is 43.0 Å². The van der Waals surface area contributed by atoms with E-state index in [-0.39, 0.29) is 29.3 Å². The predicted octanol–water partition coefficient (Wildman–Crippen LogP) is 2.42. The van der Waals surface area contributed by atoms with Gasteiger partial charge < -0.3 is 10.2 Å². The minimum Gasteiger partial charge on any atom is -0.355 e. The molecule has 7 heteroatoms. The largest absolute Gasteiger partial charge is 0.355 e. The van der Waals surface area contributed by atoms with Crippen molar-refractivity contribution in [2.24, 2.45) is 11.8 Å². The van der Waals surface area contributed by atoms with Crippen LogP contribution in [0.4, 0.5) is 8.78 Å². The topological polar surface area (TPSA) is 52.7 Å². The van der Waals surface area contributed by atoms with E-state index in [2.05, 4.69) is 10.2 Å². The molecule has 28 heavy (non-hydrogen) atoms. The number of carbonyl (C=O) groups excluding carboxylic acids is 2. The summed E-state index contributed by atoms with van der Waals surface area (Å²) in [6.45, 7) is 4.32. The monoisotopic (exact) mass is 391 g/mol. The van der Waals surface area contributed by atoms with Crippen LogP contribution in [0.5, 0.6) is 0 Å². The van der Waals surface area contributed by atoms with Crippen LogP contribution in [0.15, 0.2) is 18.2 Å². The van der Waals surface area contributed by atoms with Crippen molar-refractivity contribution >= 4 is 11.8 Å². The standard InChI is InChI=1S/C21H27F2N3O2/c1-13(27)24-10-20-16-6-15(19-4-2-3-5-26(19)20)11-25(12-16)21(28)14-7-17(22)9-18(23)8-14/h7-9,15-16,19-20H,2-6,10-12H2,1H3,(H,24,27)/t15-,16+,19+,20+/m1/s1. The third-order valence-corrected chi connectivity index (χ3v) is 6.58. The van der Waals surface area contributed by atoms with E-state index < -0.39 is 11.6 Å². The van der Waals surface area contributed by atoms with Crippen molar-refractivity contribution in [2.75, 3.05) is 26.2 Å². The summed E-state index contributed by atoms with van der Waals surface area (Å²) >= 11 is 0. The first kappa shape index (κ1) is 19.3. The lowest BCUT2D eigenvalue weighted by atomic mass is 9.72. The molecule has 152 valence electrons. The number of likely N-dealkylation sites (tertiary alicyclic amines) is 1. The number of carbonyl (C=O) groups is 2. The van der Waals surface area contributed by atoms with Crippen LogP contribution in [0.3, 0.4) is 0 Å². The number of halogens is 2. The maximum Gasteiger partial charge on any atom is 0.254 e. The van der Waals surface area contributed by atoms with Crippen LogP contribution >= 0.6 is 0 Å². The molecule has 0 aliphatic carbocycles. The molecule has 2 bridgehead atoms. The number of nitrogens with one attached hydrogen (secondary N) is 1. The Morgan fingerprint density at radius 1 is 1.11 bits per heavy atom. The Morgan fingerprint density at radius 3 is 2.54 bits per heavy atom. The molecule has 3 fully saturated rings. The van der Waals surface area contributed by atoms with Crippen molar-refractivity contribution in [3.8, 4) is 0 Å². The van der Waals surface area contributed by atoms with Gasteiger partial charge in [-0.1, -0.05) is 6.42 Å². The highest BCUT2D eigenvalue weighted by Crippen LogP contribution is 2.41. The van der Waals surface area contributed by atoms with Crippen LogP contribution in [-0.4, -0.2) is 59.9 Å². The number of hydrogen-bond acceptors (Lipinski definition) is 3. The summed E-state index contributed by atoms with van der Waals surface area (Å²) in [6.07, 6.45) is 4.48. The lowest BCUT2D eigenvalue weighted by Gasteiger charge is -2.56. The van der Waals surface area contributed by atoms with Crippen molar-refractivity contribution in [2.45, 2.75) is 44.7 Å². The Hall–Kier alpha value is -2.02. The second-order valence-electron chi connectivity index (χ2n) is 8.43. The Balaban J connectivity index is 1.57. The van der Waals surface area contributed by atoms with Crippen LogP contribution in [0.2, 0.25) is 0 Å². The lowest BCUT2D eigenvalue weighted by molar-refractivity contribution is -0.120. The summed E-state index contributed by atoms with van der Waals surface area (Å²) < 4.78 is 27.2. The minimum absolute atomic E-state index is 0.0466. The first-order valence-corrected chi connectivity index (χ1v) is 10.2. The molecule has 0 radical (unpaired) electrons. The van der Waals surface area contributed by atoms with Gasteiger partial charge in [0.1, 0.15) is 11.6 Å². The molecule has 5 nitrogen and oxygen atoms in total. The van der Waals surface area contributed by atoms with Crippen molar-refractivity contribution in [1.29, 1.82) is 0 Å². The predicted molar refractivity (Wildman–Crippen MR) is 101 cm³/mol. The van der Waals surface area contributed by atoms with E-state index >= 15 is 0 Å². The van der Waals surface area contributed by atoms with Gasteiger partial charge in [-0.25, -0.2) is 8.78 Å². The number of fused-ring (bicyclic) bond motifs is 4. The molecule has 0 aromatic heterocycles. The minimum atomic E-state index is -0.734. The van der Waals surface area contributed by atoms with E-state index in [1.54, 1.807) is 4.90 Å². The maximum absolute atomic E-state index is 13.6. The highest BCUT2D eigenvalue weighted by atomic mass is 19.1. The third kappa shape index (κ3) is 3.77. The zero-order valence-corrected chi connectivity index (χ0v) is 16.2. The lowest BCUT2D eigenvalue weighted by Crippen LogP contribution is -2.66. The van der Waals surface area contributed by atoms with E-state index in [1.807, 2.05) is 0 Å². The highest BCUT2D eigenvalue weighted by Gasteiger charge is 2.47. The quantitative estimate of drug-likeness (QED) is 0.861. The molecular formula is C21H27F2N3O2. The zero-order chi connectivity index (χ0) is 19.8. The van der Waals surface area contributed by atoms with Crippen LogP contribution < -0.4 is 5.32 Å². The van der Waals surface area contributed by atoms with Crippen LogP contribution in [0, 0.1) is 23.5 Å². The molecule has 3 heterocycles. The first-order chi connectivity index (χ1) is 13.4. The fourth-order valence-corrected chi connectivity index (χ4v) is 5.46. The summed E-state index contributed by atoms with van der Waals surface area (Å²) in [7, 11) is 0. The number of benzene rings is 1. The van der Waals surface area contributed by atoms with Gasteiger partial charge in [-0.2, -0.15) is 0 Å². The van der Waals surface area contributed by atoms with Crippen molar-refractivity contribution in [3.05, 3.63) is 35.4 Å². The maximum atomic E-state index is 13.6. The van der Waals surface area contributed by atoms with Gasteiger partial charge in [-0.05, 0) is 49.8 Å². The second kappa shape index (κ2) is 7.78. The van der Waals surface area contributed by atoms with Gasteiger partial charge >= 0.3 is 0 Å². The molecule has 3 aliphatic rings. The fraction of sp³-hybridized carbons (Fsp3) is 0.619. The highest BCUT2D eigenvalue weighted by molar-refractivity contribution is 5.94. The van der Waals surface area contributed by atoms with Gasteiger partial charge in [0.25, 0.3) is 5.91 Å². The number of hydrogen-bond donors (Lipinski definition) is 1. The van der Waals surface area contributed by atoms with E-state index in [1.165, 1.54) is 13.3 Å². The number of rotatable bonds is 3. The van der Waals surface area contributed by atoms with Gasteiger partial charge in [0.05, 0.1) is 0 Å². The van der Waals surface area contributed by atoms with Gasteiger partial charge in [-0.3, -0.25) is 14.5 Å². The van der Waals surface area contributed by atoms with E-state index in [0.717, 1.165) is 44.0 Å². The molecule has 2 amide bonds. The van der Waals surface area contributed by atoms with Gasteiger partial charge in [0.15, 0.2) is 0 Å². The average molecular weight is 391 g/mol. The Bertz CT molecular complexity index is 752. The summed E-state index contributed by atoms with van der Waals surface area (Å²) in [5.41, 5.74) is 0.0661. The van der Waals surface area contributed by atoms with E-state index in [0.29, 0.717) is 31.6 Å². The Labute approximate surface area is 164 Å². The van der Waals surface area contributed by atoms with Crippen LogP contribution in [0.25, 0.3) is 0 Å². The molecule has 4 rings (SSSR count). The summed E-state index contributed by atoms with van der Waals surface area (Å²) in [5.74, 6) is -1.20. The van der Waals surface area contributed by atoms with Gasteiger partial charge in [0, 0.05) is 50.3 Å². The van der Waals surface area contributed by atoms with Gasteiger partial charge in [0.2, 0.25) is 5.91 Å². The molecule has 0 spiro atoms. The molecule has 3 saturated heterocycles. The Morgan fingerprint density at radius 2 is 1.82 bits per heavy atom. The molecule has 0 unspecified atom stereocenters. The number of amides is 2. The average Bonchev–Trinajstić information content (AvgIpc) is 2.66. The number of piperidine rings is 3. The molecule has 1 aromatic rings. The summed E-state index contributed by atoms with van der Waals surface area (Å²) in [4.78, 5) is 28.8. The summed E-state index contributed by atoms with van der Waals surface area (Å²) in [5, 5.41) is 2.96. The first-order valence-electron chi connectivity index (χ1n) is 10.2. The third-order valence-electron chi connectivity index (χ3n) is 6.58. The normalized spacial score (nSPS) is 29.9. The van der Waals surface area contributed by atoms with E-state index in [9.17, 15) is 18.4 Å². The SMILES string of the molecule is CC(=O)NC[C@H]1[C@H]2C[C@H](CN(C(=O)c3cc(F)cc(F)c3)C2)[C@@H]2CCCCN21. The number of nitrogens with zero attached hydrogens (tertiary/aromatic N) is 2. The van der Waals surface area contributed by atoms with Crippen molar-refractivity contribution in [3.63, 3.8) is 0 Å². The smallest absolute Gasteiger partial charge is 0.254 e. The molecule has 3 aliphatic heterocycles. The van der Waals surface area contributed by atoms with E-state index in [4.69, 9.17) is 0 Å². The van der Waals surface area contributed by atoms with Crippen molar-refractivity contribution in [1.82, 2.24) is 15.1 Å². The summed E-state index contributed by atoms with van der Waals surface area (Å²) in [6, 6.07) is 3.61. The Kier molecular flexibility index (Phi) is 5.36. The molecule has 0 saturated carbocycles. The second-order valence-corrected chi connectivity index (χ2v) is 8.43. The molecule has 1 aromatic carbocycles. The van der Waals surface area contributed by atoms with Crippen LogP contribution in [-0.2, 0) is 4.79 Å². The van der Waals surface area contributed by atoms with Gasteiger partial charge in [-0.15, -0.1) is 0 Å². The molecule has 4 atom stereocenters. The fourth-order valence-electron chi connectivity index (χ4n) is 5.46.